The van der Waals surface area contributed by atoms with Crippen LogP contribution in [0, 0.1) is 13.8 Å². The Balaban J connectivity index is 2.24. The van der Waals surface area contributed by atoms with Crippen molar-refractivity contribution in [3.05, 3.63) is 62.2 Å². The molecule has 0 saturated heterocycles. The molecule has 5 heteroatoms. The van der Waals surface area contributed by atoms with Gasteiger partial charge in [-0.1, -0.05) is 28.1 Å². The van der Waals surface area contributed by atoms with Crippen molar-refractivity contribution in [2.45, 2.75) is 26.5 Å². The minimum absolute atomic E-state index is 0.108. The van der Waals surface area contributed by atoms with Gasteiger partial charge in [-0.2, -0.15) is 0 Å². The van der Waals surface area contributed by atoms with E-state index in [9.17, 15) is 9.90 Å². The van der Waals surface area contributed by atoms with E-state index in [4.69, 9.17) is 0 Å². The largest absolute Gasteiger partial charge is 0.387 e. The van der Waals surface area contributed by atoms with Crippen LogP contribution in [0.25, 0.3) is 0 Å². The molecule has 0 aliphatic rings. The molecule has 1 aromatic heterocycles. The highest BCUT2D eigenvalue weighted by Crippen LogP contribution is 2.17. The number of aliphatic hydroxyl groups is 1. The summed E-state index contributed by atoms with van der Waals surface area (Å²) < 4.78 is 2.39. The lowest BCUT2D eigenvalue weighted by molar-refractivity contribution is 0.154. The van der Waals surface area contributed by atoms with E-state index in [0.717, 1.165) is 15.7 Å². The van der Waals surface area contributed by atoms with Crippen molar-refractivity contribution in [3.63, 3.8) is 0 Å². The number of aryl methyl sites for hydroxylation is 1. The Morgan fingerprint density at radius 1 is 1.32 bits per heavy atom. The first-order valence-corrected chi connectivity index (χ1v) is 6.74. The van der Waals surface area contributed by atoms with Gasteiger partial charge in [-0.25, -0.2) is 4.98 Å². The van der Waals surface area contributed by atoms with E-state index in [1.54, 1.807) is 13.8 Å². The predicted octanol–water partition coefficient (Wildman–Crippen LogP) is 2.36. The third kappa shape index (κ3) is 3.11. The van der Waals surface area contributed by atoms with Crippen LogP contribution in [-0.2, 0) is 6.54 Å². The molecular formula is C14H15BrN2O2. The number of hydrogen-bond acceptors (Lipinski definition) is 3. The molecule has 0 aliphatic heterocycles. The second-order valence-electron chi connectivity index (χ2n) is 4.48. The Bertz CT molecular complexity index is 635. The smallest absolute Gasteiger partial charge is 0.256 e. The highest BCUT2D eigenvalue weighted by atomic mass is 79.9. The second-order valence-corrected chi connectivity index (χ2v) is 5.40. The monoisotopic (exact) mass is 322 g/mol. The van der Waals surface area contributed by atoms with Gasteiger partial charge in [0.2, 0.25) is 0 Å². The third-order valence-corrected chi connectivity index (χ3v) is 3.67. The van der Waals surface area contributed by atoms with Gasteiger partial charge in [0.15, 0.2) is 0 Å². The zero-order valence-corrected chi connectivity index (χ0v) is 12.4. The van der Waals surface area contributed by atoms with E-state index >= 15 is 0 Å². The van der Waals surface area contributed by atoms with Gasteiger partial charge in [0.05, 0.1) is 19.0 Å². The van der Waals surface area contributed by atoms with Crippen LogP contribution in [-0.4, -0.2) is 14.7 Å². The Morgan fingerprint density at radius 2 is 1.95 bits per heavy atom. The quantitative estimate of drug-likeness (QED) is 0.943. The van der Waals surface area contributed by atoms with Crippen LogP contribution in [0.2, 0.25) is 0 Å². The van der Waals surface area contributed by atoms with Gasteiger partial charge < -0.3 is 5.11 Å². The molecule has 1 heterocycles. The highest BCUT2D eigenvalue weighted by Gasteiger charge is 2.11. The van der Waals surface area contributed by atoms with Crippen LogP contribution < -0.4 is 5.56 Å². The number of nitrogens with zero attached hydrogens (tertiary/aromatic N) is 2. The number of halogens is 1. The van der Waals surface area contributed by atoms with E-state index in [2.05, 4.69) is 20.9 Å². The fourth-order valence-corrected chi connectivity index (χ4v) is 2.05. The molecule has 1 aromatic carbocycles. The van der Waals surface area contributed by atoms with Crippen molar-refractivity contribution >= 4 is 15.9 Å². The van der Waals surface area contributed by atoms with E-state index in [0.29, 0.717) is 5.56 Å². The van der Waals surface area contributed by atoms with Crippen molar-refractivity contribution in [2.75, 3.05) is 0 Å². The summed E-state index contributed by atoms with van der Waals surface area (Å²) in [7, 11) is 0. The Morgan fingerprint density at radius 3 is 2.58 bits per heavy atom. The van der Waals surface area contributed by atoms with Gasteiger partial charge in [0.1, 0.15) is 0 Å². The van der Waals surface area contributed by atoms with Gasteiger partial charge in [0, 0.05) is 15.7 Å². The number of rotatable bonds is 3. The standard InChI is InChI=1S/C14H15BrN2O2/c1-9-10(2)16-8-17(14(9)19)7-13(18)11-3-5-12(15)6-4-11/h3-6,8,13,18H,7H2,1-2H3/t13-/m1/s1. The summed E-state index contributed by atoms with van der Waals surface area (Å²) in [4.78, 5) is 16.2. The molecule has 100 valence electrons. The van der Waals surface area contributed by atoms with E-state index < -0.39 is 6.10 Å². The Hall–Kier alpha value is -1.46. The van der Waals surface area contributed by atoms with E-state index in [1.165, 1.54) is 10.9 Å². The van der Waals surface area contributed by atoms with Gasteiger partial charge in [-0.05, 0) is 31.5 Å². The first kappa shape index (κ1) is 14.0. The number of aliphatic hydroxyl groups excluding tert-OH is 1. The fraction of sp³-hybridized carbons (Fsp3) is 0.286. The SMILES string of the molecule is Cc1ncn(C[C@@H](O)c2ccc(Br)cc2)c(=O)c1C. The molecule has 19 heavy (non-hydrogen) atoms. The number of hydrogen-bond donors (Lipinski definition) is 1. The second kappa shape index (κ2) is 5.67. The highest BCUT2D eigenvalue weighted by molar-refractivity contribution is 9.10. The maximum atomic E-state index is 12.0. The molecule has 0 saturated carbocycles. The topological polar surface area (TPSA) is 55.1 Å². The molecule has 0 fully saturated rings. The summed E-state index contributed by atoms with van der Waals surface area (Å²) in [5.74, 6) is 0. The number of benzene rings is 1. The lowest BCUT2D eigenvalue weighted by Gasteiger charge is -2.13. The van der Waals surface area contributed by atoms with Crippen molar-refractivity contribution in [1.82, 2.24) is 9.55 Å². The predicted molar refractivity (Wildman–Crippen MR) is 77.1 cm³/mol. The molecule has 2 rings (SSSR count). The summed E-state index contributed by atoms with van der Waals surface area (Å²) in [6, 6.07) is 7.38. The summed E-state index contributed by atoms with van der Waals surface area (Å²) in [6.07, 6.45) is 0.752. The zero-order valence-electron chi connectivity index (χ0n) is 10.8. The summed E-state index contributed by atoms with van der Waals surface area (Å²) >= 11 is 3.34. The molecule has 2 aromatic rings. The molecule has 1 N–H and O–H groups in total. The molecule has 0 radical (unpaired) electrons. The first-order chi connectivity index (χ1) is 8.99. The van der Waals surface area contributed by atoms with Crippen molar-refractivity contribution in [1.29, 1.82) is 0 Å². The lowest BCUT2D eigenvalue weighted by atomic mass is 10.1. The van der Waals surface area contributed by atoms with Crippen molar-refractivity contribution in [3.8, 4) is 0 Å². The van der Waals surface area contributed by atoms with Crippen LogP contribution in [0.5, 0.6) is 0 Å². The van der Waals surface area contributed by atoms with Gasteiger partial charge in [0.25, 0.3) is 5.56 Å². The van der Waals surface area contributed by atoms with Crippen LogP contribution in [0.3, 0.4) is 0 Å². The normalized spacial score (nSPS) is 12.4. The van der Waals surface area contributed by atoms with Crippen LogP contribution in [0.1, 0.15) is 22.9 Å². The van der Waals surface area contributed by atoms with Crippen LogP contribution >= 0.6 is 15.9 Å². The molecule has 4 nitrogen and oxygen atoms in total. The minimum Gasteiger partial charge on any atom is -0.387 e. The fourth-order valence-electron chi connectivity index (χ4n) is 1.78. The van der Waals surface area contributed by atoms with Gasteiger partial charge in [-0.3, -0.25) is 9.36 Å². The molecule has 0 aliphatic carbocycles. The first-order valence-electron chi connectivity index (χ1n) is 5.95. The van der Waals surface area contributed by atoms with Crippen LogP contribution in [0.15, 0.2) is 39.9 Å². The maximum absolute atomic E-state index is 12.0. The molecule has 1 atom stereocenters. The molecular weight excluding hydrogens is 308 g/mol. The Labute approximate surface area is 119 Å². The van der Waals surface area contributed by atoms with Crippen molar-refractivity contribution < 1.29 is 5.11 Å². The summed E-state index contributed by atoms with van der Waals surface area (Å²) in [5.41, 5.74) is 2.00. The van der Waals surface area contributed by atoms with Crippen LogP contribution in [0.4, 0.5) is 0 Å². The summed E-state index contributed by atoms with van der Waals surface area (Å²) in [6.45, 7) is 3.74. The zero-order chi connectivity index (χ0) is 14.0. The third-order valence-electron chi connectivity index (χ3n) is 3.14. The minimum atomic E-state index is -0.727. The van der Waals surface area contributed by atoms with E-state index in [1.807, 2.05) is 24.3 Å². The molecule has 0 spiro atoms. The molecule has 0 unspecified atom stereocenters. The number of aromatic nitrogens is 2. The maximum Gasteiger partial charge on any atom is 0.256 e. The Kier molecular flexibility index (Phi) is 4.17. The van der Waals surface area contributed by atoms with Gasteiger partial charge in [-0.15, -0.1) is 0 Å². The lowest BCUT2D eigenvalue weighted by Crippen LogP contribution is -2.26. The van der Waals surface area contributed by atoms with E-state index in [-0.39, 0.29) is 12.1 Å². The summed E-state index contributed by atoms with van der Waals surface area (Å²) in [5, 5.41) is 10.1. The van der Waals surface area contributed by atoms with Crippen molar-refractivity contribution in [2.24, 2.45) is 0 Å². The molecule has 0 amide bonds. The van der Waals surface area contributed by atoms with Gasteiger partial charge >= 0.3 is 0 Å². The average molecular weight is 323 g/mol. The average Bonchev–Trinajstić information content (AvgIpc) is 2.40. The molecule has 0 bridgehead atoms.